The molecule has 15 heavy (non-hydrogen) atoms. The zero-order chi connectivity index (χ0) is 10.7. The van der Waals surface area contributed by atoms with Crippen molar-refractivity contribution >= 4 is 22.9 Å². The van der Waals surface area contributed by atoms with E-state index in [0.717, 1.165) is 16.3 Å². The quantitative estimate of drug-likeness (QED) is 0.797. The molecule has 4 heteroatoms. The van der Waals surface area contributed by atoms with Gasteiger partial charge in [-0.2, -0.15) is 5.26 Å². The number of nitrogens with zero attached hydrogens (tertiary/aromatic N) is 2. The van der Waals surface area contributed by atoms with Crippen molar-refractivity contribution in [1.29, 1.82) is 5.26 Å². The third kappa shape index (κ3) is 2.35. The first-order valence-corrected chi connectivity index (χ1v) is 5.62. The number of rotatable bonds is 2. The second-order valence-corrected chi connectivity index (χ2v) is 4.35. The van der Waals surface area contributed by atoms with E-state index in [2.05, 4.69) is 11.1 Å². The third-order valence-electron chi connectivity index (χ3n) is 1.92. The molecular formula is C11H7ClN2S. The van der Waals surface area contributed by atoms with Crippen LogP contribution in [-0.4, -0.2) is 4.98 Å². The Morgan fingerprint density at radius 1 is 1.33 bits per heavy atom. The predicted molar refractivity (Wildman–Crippen MR) is 61.9 cm³/mol. The van der Waals surface area contributed by atoms with Crippen LogP contribution >= 0.6 is 22.9 Å². The maximum absolute atomic E-state index is 8.54. The van der Waals surface area contributed by atoms with Crippen LogP contribution < -0.4 is 0 Å². The number of hydrogen-bond acceptors (Lipinski definition) is 3. The van der Waals surface area contributed by atoms with E-state index in [0.29, 0.717) is 11.4 Å². The first-order chi connectivity index (χ1) is 7.29. The van der Waals surface area contributed by atoms with E-state index >= 15 is 0 Å². The van der Waals surface area contributed by atoms with Gasteiger partial charge >= 0.3 is 0 Å². The van der Waals surface area contributed by atoms with E-state index < -0.39 is 0 Å². The molecule has 0 fully saturated rings. The number of benzene rings is 1. The molecule has 0 amide bonds. The first-order valence-electron chi connectivity index (χ1n) is 4.37. The lowest BCUT2D eigenvalue weighted by Gasteiger charge is -1.95. The van der Waals surface area contributed by atoms with E-state index in [1.807, 2.05) is 29.6 Å². The van der Waals surface area contributed by atoms with Gasteiger partial charge in [-0.15, -0.1) is 11.3 Å². The second-order valence-electron chi connectivity index (χ2n) is 2.97. The van der Waals surface area contributed by atoms with Gasteiger partial charge in [-0.05, 0) is 12.1 Å². The van der Waals surface area contributed by atoms with Crippen LogP contribution in [0.15, 0.2) is 29.6 Å². The van der Waals surface area contributed by atoms with E-state index in [1.165, 1.54) is 11.3 Å². The van der Waals surface area contributed by atoms with Crippen LogP contribution in [0, 0.1) is 11.3 Å². The fourth-order valence-electron chi connectivity index (χ4n) is 1.21. The molecule has 2 aromatic rings. The SMILES string of the molecule is N#CCc1nc(-c2ccc(Cl)cc2)cs1. The summed E-state index contributed by atoms with van der Waals surface area (Å²) in [5.74, 6) is 0. The minimum Gasteiger partial charge on any atom is -0.240 e. The van der Waals surface area contributed by atoms with Crippen molar-refractivity contribution in [2.45, 2.75) is 6.42 Å². The molecule has 2 nitrogen and oxygen atoms in total. The van der Waals surface area contributed by atoms with Gasteiger partial charge < -0.3 is 0 Å². The summed E-state index contributed by atoms with van der Waals surface area (Å²) in [5, 5.41) is 12.1. The standard InChI is InChI=1S/C11H7ClN2S/c12-9-3-1-8(2-4-9)10-7-15-11(14-10)5-6-13/h1-4,7H,5H2. The molecule has 0 aliphatic heterocycles. The van der Waals surface area contributed by atoms with Crippen molar-refractivity contribution in [2.75, 3.05) is 0 Å². The largest absolute Gasteiger partial charge is 0.240 e. The molecule has 0 saturated carbocycles. The zero-order valence-electron chi connectivity index (χ0n) is 7.77. The summed E-state index contributed by atoms with van der Waals surface area (Å²) in [6.45, 7) is 0. The van der Waals surface area contributed by atoms with Gasteiger partial charge in [-0.3, -0.25) is 0 Å². The van der Waals surface area contributed by atoms with Gasteiger partial charge in [0.25, 0.3) is 0 Å². The Hall–Kier alpha value is -1.37. The summed E-state index contributed by atoms with van der Waals surface area (Å²) in [7, 11) is 0. The molecule has 1 aromatic heterocycles. The summed E-state index contributed by atoms with van der Waals surface area (Å²) >= 11 is 7.30. The molecule has 0 saturated heterocycles. The number of nitriles is 1. The van der Waals surface area contributed by atoms with Crippen LogP contribution in [0.1, 0.15) is 5.01 Å². The van der Waals surface area contributed by atoms with Gasteiger partial charge in [0.05, 0.1) is 18.2 Å². The van der Waals surface area contributed by atoms with Crippen molar-refractivity contribution in [3.63, 3.8) is 0 Å². The molecule has 0 N–H and O–H groups in total. The number of aromatic nitrogens is 1. The maximum Gasteiger partial charge on any atom is 0.107 e. The summed E-state index contributed by atoms with van der Waals surface area (Å²) in [6.07, 6.45) is 0.373. The van der Waals surface area contributed by atoms with Crippen LogP contribution in [0.25, 0.3) is 11.3 Å². The smallest absolute Gasteiger partial charge is 0.107 e. The van der Waals surface area contributed by atoms with Crippen LogP contribution in [0.4, 0.5) is 0 Å². The highest BCUT2D eigenvalue weighted by Crippen LogP contribution is 2.23. The van der Waals surface area contributed by atoms with Crippen molar-refractivity contribution in [3.05, 3.63) is 39.7 Å². The maximum atomic E-state index is 8.54. The van der Waals surface area contributed by atoms with Gasteiger partial charge in [0, 0.05) is 16.0 Å². The van der Waals surface area contributed by atoms with Crippen molar-refractivity contribution in [3.8, 4) is 17.3 Å². The van der Waals surface area contributed by atoms with Gasteiger partial charge in [-0.25, -0.2) is 4.98 Å². The molecule has 0 unspecified atom stereocenters. The Labute approximate surface area is 96.8 Å². The Balaban J connectivity index is 2.30. The molecule has 2 rings (SSSR count). The van der Waals surface area contributed by atoms with Crippen LogP contribution in [0.2, 0.25) is 5.02 Å². The van der Waals surface area contributed by atoms with Crippen LogP contribution in [0.3, 0.4) is 0 Å². The predicted octanol–water partition coefficient (Wildman–Crippen LogP) is 3.53. The molecule has 1 aromatic carbocycles. The number of hydrogen-bond donors (Lipinski definition) is 0. The van der Waals surface area contributed by atoms with Crippen LogP contribution in [0.5, 0.6) is 0 Å². The molecule has 0 bridgehead atoms. The lowest BCUT2D eigenvalue weighted by atomic mass is 10.2. The van der Waals surface area contributed by atoms with E-state index in [4.69, 9.17) is 16.9 Å². The van der Waals surface area contributed by atoms with Crippen molar-refractivity contribution in [2.24, 2.45) is 0 Å². The molecule has 0 atom stereocenters. The summed E-state index contributed by atoms with van der Waals surface area (Å²) in [6, 6.07) is 9.60. The molecule has 0 spiro atoms. The average Bonchev–Trinajstić information content (AvgIpc) is 2.68. The van der Waals surface area contributed by atoms with Gasteiger partial charge in [0.1, 0.15) is 5.01 Å². The number of halogens is 1. The molecular weight excluding hydrogens is 228 g/mol. The zero-order valence-corrected chi connectivity index (χ0v) is 9.35. The fraction of sp³-hybridized carbons (Fsp3) is 0.0909. The lowest BCUT2D eigenvalue weighted by molar-refractivity contribution is 1.19. The Kier molecular flexibility index (Phi) is 3.00. The van der Waals surface area contributed by atoms with E-state index in [9.17, 15) is 0 Å². The molecule has 0 radical (unpaired) electrons. The summed E-state index contributed by atoms with van der Waals surface area (Å²) < 4.78 is 0. The third-order valence-corrected chi connectivity index (χ3v) is 3.02. The minimum atomic E-state index is 0.373. The summed E-state index contributed by atoms with van der Waals surface area (Å²) in [5.41, 5.74) is 1.93. The molecule has 0 aliphatic rings. The van der Waals surface area contributed by atoms with E-state index in [1.54, 1.807) is 0 Å². The van der Waals surface area contributed by atoms with E-state index in [-0.39, 0.29) is 0 Å². The molecule has 0 aliphatic carbocycles. The van der Waals surface area contributed by atoms with Crippen molar-refractivity contribution in [1.82, 2.24) is 4.98 Å². The highest BCUT2D eigenvalue weighted by molar-refractivity contribution is 7.10. The van der Waals surface area contributed by atoms with Crippen molar-refractivity contribution < 1.29 is 0 Å². The first kappa shape index (κ1) is 10.2. The van der Waals surface area contributed by atoms with Gasteiger partial charge in [0.2, 0.25) is 0 Å². The molecule has 1 heterocycles. The lowest BCUT2D eigenvalue weighted by Crippen LogP contribution is -1.81. The van der Waals surface area contributed by atoms with Crippen LogP contribution in [-0.2, 0) is 6.42 Å². The van der Waals surface area contributed by atoms with Gasteiger partial charge in [-0.1, -0.05) is 23.7 Å². The second kappa shape index (κ2) is 4.43. The number of thiazole rings is 1. The Bertz CT molecular complexity index is 496. The minimum absolute atomic E-state index is 0.373. The Morgan fingerprint density at radius 2 is 2.07 bits per heavy atom. The topological polar surface area (TPSA) is 36.7 Å². The Morgan fingerprint density at radius 3 is 2.73 bits per heavy atom. The summed E-state index contributed by atoms with van der Waals surface area (Å²) in [4.78, 5) is 4.35. The fourth-order valence-corrected chi connectivity index (χ4v) is 2.07. The van der Waals surface area contributed by atoms with Gasteiger partial charge in [0.15, 0.2) is 0 Å². The average molecular weight is 235 g/mol. The highest BCUT2D eigenvalue weighted by atomic mass is 35.5. The normalized spacial score (nSPS) is 9.87. The molecule has 74 valence electrons. The monoisotopic (exact) mass is 234 g/mol. The highest BCUT2D eigenvalue weighted by Gasteiger charge is 2.03.